The second-order valence-electron chi connectivity index (χ2n) is 3.90. The molecule has 0 saturated carbocycles. The van der Waals surface area contributed by atoms with Crippen LogP contribution in [0.5, 0.6) is 0 Å². The molecule has 2 heterocycles. The number of hydrogen-bond donors (Lipinski definition) is 1. The molecule has 3 rings (SSSR count). The topological polar surface area (TPSA) is 68.0 Å². The smallest absolute Gasteiger partial charge is 0.365 e. The summed E-state index contributed by atoms with van der Waals surface area (Å²) in [7, 11) is 1.93. The van der Waals surface area contributed by atoms with Crippen molar-refractivity contribution in [3.8, 4) is 11.3 Å². The lowest BCUT2D eigenvalue weighted by Gasteiger charge is -1.98. The predicted molar refractivity (Wildman–Crippen MR) is 68.8 cm³/mol. The number of aromatic nitrogens is 3. The van der Waals surface area contributed by atoms with Crippen LogP contribution >= 0.6 is 11.3 Å². The molecule has 2 aromatic heterocycles. The Morgan fingerprint density at radius 1 is 1.44 bits per heavy atom. The number of hydrogen-bond acceptors (Lipinski definition) is 4. The molecule has 0 fully saturated rings. The lowest BCUT2D eigenvalue weighted by atomic mass is 10.1. The molecule has 0 atom stereocenters. The van der Waals surface area contributed by atoms with Crippen molar-refractivity contribution in [2.45, 2.75) is 0 Å². The maximum atomic E-state index is 10.8. The summed E-state index contributed by atoms with van der Waals surface area (Å²) < 4.78 is 1.93. The Hall–Kier alpha value is -2.21. The van der Waals surface area contributed by atoms with Crippen molar-refractivity contribution in [2.24, 2.45) is 7.05 Å². The van der Waals surface area contributed by atoms with E-state index in [1.54, 1.807) is 11.7 Å². The van der Waals surface area contributed by atoms with Crippen LogP contribution in [0.15, 0.2) is 29.9 Å². The number of nitrogens with zero attached hydrogens (tertiary/aromatic N) is 3. The van der Waals surface area contributed by atoms with E-state index >= 15 is 0 Å². The maximum Gasteiger partial charge on any atom is 0.365 e. The second-order valence-corrected chi connectivity index (χ2v) is 4.76. The van der Waals surface area contributed by atoms with Crippen molar-refractivity contribution < 1.29 is 9.90 Å². The monoisotopic (exact) mass is 259 g/mol. The van der Waals surface area contributed by atoms with Crippen LogP contribution in [0.1, 0.15) is 9.80 Å². The van der Waals surface area contributed by atoms with Crippen molar-refractivity contribution in [3.63, 3.8) is 0 Å². The Bertz CT molecular complexity index is 745. The second kappa shape index (κ2) is 3.92. The van der Waals surface area contributed by atoms with Gasteiger partial charge in [-0.2, -0.15) is 0 Å². The first-order chi connectivity index (χ1) is 8.65. The van der Waals surface area contributed by atoms with Crippen LogP contribution in [-0.4, -0.2) is 25.6 Å². The summed E-state index contributed by atoms with van der Waals surface area (Å²) in [6.45, 7) is 0. The number of carboxylic acids is 1. The van der Waals surface area contributed by atoms with Crippen molar-refractivity contribution in [1.29, 1.82) is 0 Å². The van der Waals surface area contributed by atoms with Crippen LogP contribution in [0.2, 0.25) is 0 Å². The van der Waals surface area contributed by atoms with Crippen LogP contribution in [-0.2, 0) is 7.05 Å². The molecule has 0 saturated heterocycles. The number of imidazole rings is 1. The number of fused-ring (bicyclic) bond motifs is 1. The SMILES string of the molecule is Cn1cnc2cc(-c3csc(C(=O)O)n3)ccc21. The minimum absolute atomic E-state index is 0.103. The summed E-state index contributed by atoms with van der Waals surface area (Å²) in [6.07, 6.45) is 1.75. The van der Waals surface area contributed by atoms with E-state index in [2.05, 4.69) is 9.97 Å². The number of carbonyl (C=O) groups is 1. The number of aromatic carboxylic acids is 1. The fourth-order valence-electron chi connectivity index (χ4n) is 1.80. The highest BCUT2D eigenvalue weighted by molar-refractivity contribution is 7.11. The van der Waals surface area contributed by atoms with Crippen LogP contribution in [0.25, 0.3) is 22.3 Å². The first kappa shape index (κ1) is 10.9. The zero-order valence-electron chi connectivity index (χ0n) is 9.49. The maximum absolute atomic E-state index is 10.8. The number of aryl methyl sites for hydroxylation is 1. The number of benzene rings is 1. The highest BCUT2D eigenvalue weighted by Crippen LogP contribution is 2.25. The fraction of sp³-hybridized carbons (Fsp3) is 0.0833. The summed E-state index contributed by atoms with van der Waals surface area (Å²) >= 11 is 1.13. The first-order valence-electron chi connectivity index (χ1n) is 5.25. The van der Waals surface area contributed by atoms with Gasteiger partial charge in [0.1, 0.15) is 0 Å². The van der Waals surface area contributed by atoms with Crippen LogP contribution in [0.3, 0.4) is 0 Å². The van der Waals surface area contributed by atoms with Crippen molar-refractivity contribution in [2.75, 3.05) is 0 Å². The van der Waals surface area contributed by atoms with Gasteiger partial charge in [0.15, 0.2) is 0 Å². The standard InChI is InChI=1S/C12H9N3O2S/c1-15-6-13-8-4-7(2-3-10(8)15)9-5-18-11(14-9)12(16)17/h2-6H,1H3,(H,16,17). The predicted octanol–water partition coefficient (Wildman–Crippen LogP) is 2.40. The van der Waals surface area contributed by atoms with E-state index in [0.717, 1.165) is 27.9 Å². The van der Waals surface area contributed by atoms with E-state index in [9.17, 15) is 4.79 Å². The summed E-state index contributed by atoms with van der Waals surface area (Å²) in [5.74, 6) is -0.995. The zero-order chi connectivity index (χ0) is 12.7. The molecule has 18 heavy (non-hydrogen) atoms. The molecule has 0 bridgehead atoms. The summed E-state index contributed by atoms with van der Waals surface area (Å²) in [5.41, 5.74) is 3.46. The molecule has 1 N–H and O–H groups in total. The van der Waals surface area contributed by atoms with Crippen molar-refractivity contribution >= 4 is 28.3 Å². The van der Waals surface area contributed by atoms with Gasteiger partial charge in [-0.3, -0.25) is 0 Å². The van der Waals surface area contributed by atoms with Gasteiger partial charge in [-0.05, 0) is 12.1 Å². The Morgan fingerprint density at radius 2 is 2.28 bits per heavy atom. The zero-order valence-corrected chi connectivity index (χ0v) is 10.3. The largest absolute Gasteiger partial charge is 0.476 e. The molecule has 0 spiro atoms. The van der Waals surface area contributed by atoms with Crippen molar-refractivity contribution in [3.05, 3.63) is 34.9 Å². The molecular weight excluding hydrogens is 250 g/mol. The van der Waals surface area contributed by atoms with Gasteiger partial charge in [0.05, 0.1) is 23.1 Å². The third kappa shape index (κ3) is 1.67. The van der Waals surface area contributed by atoms with Gasteiger partial charge in [-0.15, -0.1) is 11.3 Å². The molecule has 90 valence electrons. The van der Waals surface area contributed by atoms with E-state index in [0.29, 0.717) is 5.69 Å². The normalized spacial score (nSPS) is 10.9. The quantitative estimate of drug-likeness (QED) is 0.767. The minimum atomic E-state index is -0.995. The highest BCUT2D eigenvalue weighted by atomic mass is 32.1. The minimum Gasteiger partial charge on any atom is -0.476 e. The van der Waals surface area contributed by atoms with Crippen LogP contribution in [0.4, 0.5) is 0 Å². The Morgan fingerprint density at radius 3 is 3.00 bits per heavy atom. The molecule has 0 amide bonds. The number of rotatable bonds is 2. The van der Waals surface area contributed by atoms with Gasteiger partial charge in [-0.25, -0.2) is 14.8 Å². The Balaban J connectivity index is 2.10. The molecule has 1 aromatic carbocycles. The Kier molecular flexibility index (Phi) is 2.38. The Labute approximate surface area is 106 Å². The summed E-state index contributed by atoms with van der Waals surface area (Å²) in [6, 6.07) is 5.79. The molecule has 0 radical (unpaired) electrons. The summed E-state index contributed by atoms with van der Waals surface area (Å²) in [5, 5.41) is 10.7. The first-order valence-corrected chi connectivity index (χ1v) is 6.13. The average Bonchev–Trinajstić information content (AvgIpc) is 2.96. The molecule has 3 aromatic rings. The molecule has 0 unspecified atom stereocenters. The van der Waals surface area contributed by atoms with Gasteiger partial charge < -0.3 is 9.67 Å². The van der Waals surface area contributed by atoms with Gasteiger partial charge in [0.25, 0.3) is 0 Å². The number of thiazole rings is 1. The van der Waals surface area contributed by atoms with Gasteiger partial charge in [0, 0.05) is 18.0 Å². The molecule has 0 aliphatic carbocycles. The van der Waals surface area contributed by atoms with Crippen LogP contribution in [0, 0.1) is 0 Å². The molecular formula is C12H9N3O2S. The highest BCUT2D eigenvalue weighted by Gasteiger charge is 2.11. The molecule has 0 aliphatic heterocycles. The average molecular weight is 259 g/mol. The molecule has 0 aliphatic rings. The lowest BCUT2D eigenvalue weighted by Crippen LogP contribution is -1.94. The lowest BCUT2D eigenvalue weighted by molar-refractivity contribution is 0.0696. The van der Waals surface area contributed by atoms with E-state index in [-0.39, 0.29) is 5.01 Å². The summed E-state index contributed by atoms with van der Waals surface area (Å²) in [4.78, 5) is 19.1. The van der Waals surface area contributed by atoms with Gasteiger partial charge in [-0.1, -0.05) is 6.07 Å². The number of carboxylic acid groups (broad SMARTS) is 1. The third-order valence-electron chi connectivity index (χ3n) is 2.71. The molecule has 5 nitrogen and oxygen atoms in total. The van der Waals surface area contributed by atoms with Gasteiger partial charge >= 0.3 is 5.97 Å². The molecule has 6 heteroatoms. The fourth-order valence-corrected chi connectivity index (χ4v) is 2.46. The third-order valence-corrected chi connectivity index (χ3v) is 3.54. The van der Waals surface area contributed by atoms with Gasteiger partial charge in [0.2, 0.25) is 5.01 Å². The van der Waals surface area contributed by atoms with E-state index in [1.165, 1.54) is 0 Å². The van der Waals surface area contributed by atoms with E-state index in [1.807, 2.05) is 29.8 Å². The van der Waals surface area contributed by atoms with E-state index < -0.39 is 5.97 Å². The van der Waals surface area contributed by atoms with Crippen LogP contribution < -0.4 is 0 Å². The van der Waals surface area contributed by atoms with E-state index in [4.69, 9.17) is 5.11 Å². The van der Waals surface area contributed by atoms with Crippen molar-refractivity contribution in [1.82, 2.24) is 14.5 Å².